The van der Waals surface area contributed by atoms with Crippen molar-refractivity contribution in [1.29, 1.82) is 0 Å². The minimum atomic E-state index is -0.474. The van der Waals surface area contributed by atoms with Gasteiger partial charge in [-0.05, 0) is 31.5 Å². The van der Waals surface area contributed by atoms with E-state index in [-0.39, 0.29) is 36.5 Å². The lowest BCUT2D eigenvalue weighted by Gasteiger charge is -2.19. The summed E-state index contributed by atoms with van der Waals surface area (Å²) in [5, 5.41) is 2.92. The molecule has 1 aromatic carbocycles. The molecule has 2 amide bonds. The van der Waals surface area contributed by atoms with Gasteiger partial charge in [0.2, 0.25) is 11.8 Å². The molecule has 1 saturated heterocycles. The molecular weight excluding hydrogens is 323 g/mol. The predicted molar refractivity (Wildman–Crippen MR) is 91.4 cm³/mol. The van der Waals surface area contributed by atoms with Gasteiger partial charge in [0.15, 0.2) is 0 Å². The Hall–Kier alpha value is -2.70. The van der Waals surface area contributed by atoms with Gasteiger partial charge in [0.25, 0.3) is 0 Å². The average molecular weight is 344 g/mol. The molecule has 0 radical (unpaired) electrons. The second-order valence-corrected chi connectivity index (χ2v) is 6.53. The van der Waals surface area contributed by atoms with Crippen molar-refractivity contribution in [2.24, 2.45) is 5.92 Å². The molecule has 6 nitrogen and oxygen atoms in total. The SMILES string of the molecule is Cc1ccc(N2CC(C(=O)NC(C)Cn3ccnc3)CC2=O)c(F)c1. The van der Waals surface area contributed by atoms with Crippen molar-refractivity contribution in [3.05, 3.63) is 48.3 Å². The first-order valence-corrected chi connectivity index (χ1v) is 8.26. The molecule has 7 heteroatoms. The zero-order valence-corrected chi connectivity index (χ0v) is 14.3. The van der Waals surface area contributed by atoms with Crippen LogP contribution in [0.2, 0.25) is 0 Å². The number of nitrogens with one attached hydrogen (secondary N) is 1. The van der Waals surface area contributed by atoms with E-state index in [0.717, 1.165) is 5.56 Å². The fourth-order valence-corrected chi connectivity index (χ4v) is 3.06. The van der Waals surface area contributed by atoms with Gasteiger partial charge in [-0.1, -0.05) is 6.07 Å². The number of nitrogens with zero attached hydrogens (tertiary/aromatic N) is 3. The van der Waals surface area contributed by atoms with Crippen LogP contribution >= 0.6 is 0 Å². The Balaban J connectivity index is 1.62. The second-order valence-electron chi connectivity index (χ2n) is 6.53. The van der Waals surface area contributed by atoms with E-state index in [1.54, 1.807) is 31.6 Å². The largest absolute Gasteiger partial charge is 0.352 e. The van der Waals surface area contributed by atoms with Gasteiger partial charge >= 0.3 is 0 Å². The molecule has 0 aliphatic carbocycles. The van der Waals surface area contributed by atoms with Gasteiger partial charge in [-0.25, -0.2) is 9.37 Å². The number of hydrogen-bond donors (Lipinski definition) is 1. The van der Waals surface area contributed by atoms with Crippen LogP contribution in [0.15, 0.2) is 36.9 Å². The van der Waals surface area contributed by atoms with Crippen LogP contribution in [0.25, 0.3) is 0 Å². The number of carbonyl (C=O) groups excluding carboxylic acids is 2. The Morgan fingerprint density at radius 2 is 2.28 bits per heavy atom. The number of benzene rings is 1. The zero-order chi connectivity index (χ0) is 18.0. The van der Waals surface area contributed by atoms with Crippen molar-refractivity contribution in [2.45, 2.75) is 32.9 Å². The first kappa shape index (κ1) is 17.1. The van der Waals surface area contributed by atoms with Crippen molar-refractivity contribution >= 4 is 17.5 Å². The van der Waals surface area contributed by atoms with E-state index in [0.29, 0.717) is 6.54 Å². The van der Waals surface area contributed by atoms with E-state index < -0.39 is 11.7 Å². The molecule has 1 aliphatic heterocycles. The van der Waals surface area contributed by atoms with Crippen LogP contribution in [-0.2, 0) is 16.1 Å². The first-order valence-electron chi connectivity index (χ1n) is 8.26. The van der Waals surface area contributed by atoms with Gasteiger partial charge in [-0.15, -0.1) is 0 Å². The maximum absolute atomic E-state index is 14.1. The summed E-state index contributed by atoms with van der Waals surface area (Å²) in [7, 11) is 0. The van der Waals surface area contributed by atoms with Gasteiger partial charge in [-0.3, -0.25) is 9.59 Å². The van der Waals surface area contributed by atoms with E-state index >= 15 is 0 Å². The Labute approximate surface area is 145 Å². The van der Waals surface area contributed by atoms with Crippen molar-refractivity contribution in [3.8, 4) is 0 Å². The number of aromatic nitrogens is 2. The zero-order valence-electron chi connectivity index (χ0n) is 14.3. The number of carbonyl (C=O) groups is 2. The standard InChI is InChI=1S/C18H21FN4O2/c1-12-3-4-16(15(19)7-12)23-10-14(8-17(23)24)18(25)21-13(2)9-22-6-5-20-11-22/h3-7,11,13-14H,8-10H2,1-2H3,(H,21,25). The number of imidazole rings is 1. The van der Waals surface area contributed by atoms with Crippen molar-refractivity contribution < 1.29 is 14.0 Å². The summed E-state index contributed by atoms with van der Waals surface area (Å²) in [5.41, 5.74) is 1.02. The van der Waals surface area contributed by atoms with Gasteiger partial charge in [0.05, 0.1) is 17.9 Å². The van der Waals surface area contributed by atoms with E-state index in [1.165, 1.54) is 11.0 Å². The molecule has 2 heterocycles. The topological polar surface area (TPSA) is 67.2 Å². The van der Waals surface area contributed by atoms with E-state index in [4.69, 9.17) is 0 Å². The summed E-state index contributed by atoms with van der Waals surface area (Å²) in [4.78, 5) is 30.0. The van der Waals surface area contributed by atoms with Crippen molar-refractivity contribution in [2.75, 3.05) is 11.4 Å². The van der Waals surface area contributed by atoms with Crippen molar-refractivity contribution in [3.63, 3.8) is 0 Å². The number of halogens is 1. The van der Waals surface area contributed by atoms with Crippen molar-refractivity contribution in [1.82, 2.24) is 14.9 Å². The quantitative estimate of drug-likeness (QED) is 0.901. The van der Waals surface area contributed by atoms with E-state index in [9.17, 15) is 14.0 Å². The summed E-state index contributed by atoms with van der Waals surface area (Å²) >= 11 is 0. The van der Waals surface area contributed by atoms with E-state index in [2.05, 4.69) is 10.3 Å². The van der Waals surface area contributed by atoms with Crippen LogP contribution in [0.5, 0.6) is 0 Å². The molecule has 2 aromatic rings. The fraction of sp³-hybridized carbons (Fsp3) is 0.389. The highest BCUT2D eigenvalue weighted by Crippen LogP contribution is 2.28. The maximum Gasteiger partial charge on any atom is 0.227 e. The number of rotatable bonds is 5. The molecular formula is C18H21FN4O2. The lowest BCUT2D eigenvalue weighted by molar-refractivity contribution is -0.126. The molecule has 0 bridgehead atoms. The smallest absolute Gasteiger partial charge is 0.227 e. The Morgan fingerprint density at radius 1 is 1.48 bits per heavy atom. The van der Waals surface area contributed by atoms with Crippen LogP contribution in [0.4, 0.5) is 10.1 Å². The number of aryl methyl sites for hydroxylation is 1. The lowest BCUT2D eigenvalue weighted by atomic mass is 10.1. The van der Waals surface area contributed by atoms with E-state index in [1.807, 2.05) is 17.7 Å². The Bertz CT molecular complexity index is 775. The Morgan fingerprint density at radius 3 is 2.96 bits per heavy atom. The monoisotopic (exact) mass is 344 g/mol. The Kier molecular flexibility index (Phi) is 4.83. The maximum atomic E-state index is 14.1. The van der Waals surface area contributed by atoms with Gasteiger partial charge in [0.1, 0.15) is 5.82 Å². The summed E-state index contributed by atoms with van der Waals surface area (Å²) in [5.74, 6) is -1.33. The highest BCUT2D eigenvalue weighted by molar-refractivity contribution is 6.00. The molecule has 132 valence electrons. The van der Waals surface area contributed by atoms with Crippen LogP contribution in [0, 0.1) is 18.7 Å². The summed E-state index contributed by atoms with van der Waals surface area (Å²) < 4.78 is 16.0. The predicted octanol–water partition coefficient (Wildman–Crippen LogP) is 1.89. The summed E-state index contributed by atoms with van der Waals surface area (Å²) in [6.07, 6.45) is 5.28. The molecule has 3 rings (SSSR count). The molecule has 2 unspecified atom stereocenters. The summed E-state index contributed by atoms with van der Waals surface area (Å²) in [6, 6.07) is 4.64. The lowest BCUT2D eigenvalue weighted by Crippen LogP contribution is -2.40. The molecule has 0 saturated carbocycles. The second kappa shape index (κ2) is 7.04. The normalized spacial score (nSPS) is 18.4. The molecule has 1 aromatic heterocycles. The first-order chi connectivity index (χ1) is 11.9. The molecule has 0 spiro atoms. The van der Waals surface area contributed by atoms with Crippen LogP contribution in [0.1, 0.15) is 18.9 Å². The summed E-state index contributed by atoms with van der Waals surface area (Å²) in [6.45, 7) is 4.48. The number of hydrogen-bond acceptors (Lipinski definition) is 3. The van der Waals surface area contributed by atoms with Gasteiger partial charge < -0.3 is 14.8 Å². The minimum absolute atomic E-state index is 0.0942. The fourth-order valence-electron chi connectivity index (χ4n) is 3.06. The highest BCUT2D eigenvalue weighted by Gasteiger charge is 2.36. The van der Waals surface area contributed by atoms with Crippen LogP contribution in [0.3, 0.4) is 0 Å². The minimum Gasteiger partial charge on any atom is -0.352 e. The number of anilines is 1. The molecule has 2 atom stereocenters. The average Bonchev–Trinajstić information content (AvgIpc) is 3.17. The third kappa shape index (κ3) is 3.87. The number of amides is 2. The molecule has 1 N–H and O–H groups in total. The highest BCUT2D eigenvalue weighted by atomic mass is 19.1. The van der Waals surface area contributed by atoms with Gasteiger partial charge in [0, 0.05) is 37.9 Å². The van der Waals surface area contributed by atoms with Gasteiger partial charge in [-0.2, -0.15) is 0 Å². The third-order valence-electron chi connectivity index (χ3n) is 4.32. The molecule has 1 fully saturated rings. The molecule has 1 aliphatic rings. The molecule has 25 heavy (non-hydrogen) atoms. The third-order valence-corrected chi connectivity index (χ3v) is 4.32. The van der Waals surface area contributed by atoms with Crippen LogP contribution in [-0.4, -0.2) is 34.0 Å². The van der Waals surface area contributed by atoms with Crippen LogP contribution < -0.4 is 10.2 Å².